The molecular weight excluding hydrogens is 316 g/mol. The lowest BCUT2D eigenvalue weighted by atomic mass is 10.1. The summed E-state index contributed by atoms with van der Waals surface area (Å²) in [4.78, 5) is 12.3. The number of nitrogens with one attached hydrogen (secondary N) is 2. The predicted octanol–water partition coefficient (Wildman–Crippen LogP) is 1.88. The molecule has 1 aliphatic heterocycles. The zero-order valence-electron chi connectivity index (χ0n) is 14.4. The van der Waals surface area contributed by atoms with E-state index in [4.69, 9.17) is 4.74 Å². The van der Waals surface area contributed by atoms with Gasteiger partial charge in [0.25, 0.3) is 5.91 Å². The van der Waals surface area contributed by atoms with Gasteiger partial charge in [0.2, 0.25) is 0 Å². The maximum Gasteiger partial charge on any atom is 0.251 e. The average molecular weight is 340 g/mol. The number of benzene rings is 2. The number of aryl methyl sites for hydroxylation is 1. The van der Waals surface area contributed by atoms with Crippen LogP contribution in [0, 0.1) is 12.8 Å². The smallest absolute Gasteiger partial charge is 0.251 e. The molecule has 5 heteroatoms. The van der Waals surface area contributed by atoms with Crippen molar-refractivity contribution in [2.75, 3.05) is 19.6 Å². The number of aliphatic hydroxyl groups excluding tert-OH is 1. The monoisotopic (exact) mass is 340 g/mol. The van der Waals surface area contributed by atoms with Crippen molar-refractivity contribution in [2.24, 2.45) is 5.92 Å². The third kappa shape index (κ3) is 4.81. The van der Waals surface area contributed by atoms with E-state index in [1.54, 1.807) is 12.1 Å². The van der Waals surface area contributed by atoms with E-state index >= 15 is 0 Å². The van der Waals surface area contributed by atoms with Gasteiger partial charge in [0, 0.05) is 31.1 Å². The van der Waals surface area contributed by atoms with Crippen molar-refractivity contribution in [3.63, 3.8) is 0 Å². The summed E-state index contributed by atoms with van der Waals surface area (Å²) in [6.45, 7) is 4.28. The lowest BCUT2D eigenvalue weighted by Crippen LogP contribution is -2.34. The summed E-state index contributed by atoms with van der Waals surface area (Å²) >= 11 is 0. The Bertz CT molecular complexity index is 732. The summed E-state index contributed by atoms with van der Waals surface area (Å²) in [7, 11) is 0. The highest BCUT2D eigenvalue weighted by Crippen LogP contribution is 2.16. The Morgan fingerprint density at radius 2 is 2.08 bits per heavy atom. The molecule has 3 rings (SSSR count). The molecule has 1 amide bonds. The molecule has 0 aromatic heterocycles. The molecule has 0 radical (unpaired) electrons. The lowest BCUT2D eigenvalue weighted by Gasteiger charge is -2.14. The molecular formula is C20H24N2O3. The number of carbonyl (C=O) groups excluding carboxylic acids is 1. The van der Waals surface area contributed by atoms with Crippen LogP contribution in [-0.2, 0) is 6.61 Å². The van der Waals surface area contributed by atoms with Crippen LogP contribution in [0.15, 0.2) is 48.5 Å². The fourth-order valence-electron chi connectivity index (χ4n) is 2.95. The number of carbonyl (C=O) groups is 1. The van der Waals surface area contributed by atoms with Gasteiger partial charge in [0.15, 0.2) is 0 Å². The Balaban J connectivity index is 1.56. The number of hydrogen-bond acceptors (Lipinski definition) is 4. The van der Waals surface area contributed by atoms with Gasteiger partial charge in [-0.3, -0.25) is 4.79 Å². The second kappa shape index (κ2) is 8.14. The zero-order valence-corrected chi connectivity index (χ0v) is 14.4. The van der Waals surface area contributed by atoms with Gasteiger partial charge in [-0.25, -0.2) is 0 Å². The molecule has 0 bridgehead atoms. The van der Waals surface area contributed by atoms with E-state index in [9.17, 15) is 9.90 Å². The lowest BCUT2D eigenvalue weighted by molar-refractivity contribution is 0.0926. The first-order chi connectivity index (χ1) is 12.1. The fraction of sp³-hybridized carbons (Fsp3) is 0.350. The molecule has 5 nitrogen and oxygen atoms in total. The summed E-state index contributed by atoms with van der Waals surface area (Å²) in [5, 5.41) is 15.8. The summed E-state index contributed by atoms with van der Waals surface area (Å²) in [6.07, 6.45) is -0.399. The van der Waals surface area contributed by atoms with E-state index < -0.39 is 6.10 Å². The largest absolute Gasteiger partial charge is 0.489 e. The predicted molar refractivity (Wildman–Crippen MR) is 96.7 cm³/mol. The second-order valence-corrected chi connectivity index (χ2v) is 6.50. The zero-order chi connectivity index (χ0) is 17.6. The fourth-order valence-corrected chi connectivity index (χ4v) is 2.95. The molecule has 1 aliphatic rings. The van der Waals surface area contributed by atoms with Crippen molar-refractivity contribution in [1.82, 2.24) is 10.6 Å². The maximum absolute atomic E-state index is 12.3. The van der Waals surface area contributed by atoms with E-state index in [1.165, 1.54) is 5.56 Å². The van der Waals surface area contributed by atoms with E-state index in [-0.39, 0.29) is 11.8 Å². The molecule has 2 atom stereocenters. The maximum atomic E-state index is 12.3. The SMILES string of the molecule is Cc1cccc(COc2cccc(C(=O)NCC3CNCC3O)c2)c1. The van der Waals surface area contributed by atoms with Gasteiger partial charge in [0.1, 0.15) is 12.4 Å². The molecule has 0 saturated carbocycles. The number of rotatable bonds is 6. The molecule has 1 heterocycles. The normalized spacial score (nSPS) is 19.6. The van der Waals surface area contributed by atoms with Gasteiger partial charge in [-0.05, 0) is 30.7 Å². The molecule has 1 saturated heterocycles. The first-order valence-corrected chi connectivity index (χ1v) is 8.57. The summed E-state index contributed by atoms with van der Waals surface area (Å²) in [6, 6.07) is 15.3. The minimum Gasteiger partial charge on any atom is -0.489 e. The molecule has 132 valence electrons. The van der Waals surface area contributed by atoms with Crippen LogP contribution in [0.25, 0.3) is 0 Å². The van der Waals surface area contributed by atoms with Crippen LogP contribution in [0.2, 0.25) is 0 Å². The first kappa shape index (κ1) is 17.5. The third-order valence-electron chi connectivity index (χ3n) is 4.41. The number of hydrogen-bond donors (Lipinski definition) is 3. The quantitative estimate of drug-likeness (QED) is 0.751. The van der Waals surface area contributed by atoms with Gasteiger partial charge < -0.3 is 20.5 Å². The summed E-state index contributed by atoms with van der Waals surface area (Å²) in [5.74, 6) is 0.571. The number of β-amino-alcohol motifs (C(OH)–C–C–N with tert-alkyl or cyclic N) is 1. The van der Waals surface area contributed by atoms with Gasteiger partial charge in [-0.2, -0.15) is 0 Å². The molecule has 3 N–H and O–H groups in total. The standard InChI is InChI=1S/C20H24N2O3/c1-14-4-2-5-15(8-14)13-25-18-7-3-6-16(9-18)20(24)22-11-17-10-21-12-19(17)23/h2-9,17,19,21,23H,10-13H2,1H3,(H,22,24). The number of aliphatic hydroxyl groups is 1. The molecule has 2 aromatic rings. The van der Waals surface area contributed by atoms with Crippen LogP contribution in [0.3, 0.4) is 0 Å². The minimum absolute atomic E-state index is 0.0599. The van der Waals surface area contributed by atoms with Crippen molar-refractivity contribution in [3.8, 4) is 5.75 Å². The van der Waals surface area contributed by atoms with Crippen LogP contribution in [0.1, 0.15) is 21.5 Å². The highest BCUT2D eigenvalue weighted by molar-refractivity contribution is 5.94. The van der Waals surface area contributed by atoms with Crippen molar-refractivity contribution in [2.45, 2.75) is 19.6 Å². The molecule has 2 unspecified atom stereocenters. The van der Waals surface area contributed by atoms with Crippen molar-refractivity contribution < 1.29 is 14.6 Å². The molecule has 2 aromatic carbocycles. The van der Waals surface area contributed by atoms with E-state index in [0.717, 1.165) is 12.1 Å². The van der Waals surface area contributed by atoms with Crippen LogP contribution in [-0.4, -0.2) is 36.8 Å². The summed E-state index contributed by atoms with van der Waals surface area (Å²) in [5.41, 5.74) is 2.84. The minimum atomic E-state index is -0.399. The van der Waals surface area contributed by atoms with Crippen LogP contribution < -0.4 is 15.4 Å². The van der Waals surface area contributed by atoms with Gasteiger partial charge in [-0.15, -0.1) is 0 Å². The Morgan fingerprint density at radius 3 is 2.84 bits per heavy atom. The van der Waals surface area contributed by atoms with E-state index in [0.29, 0.717) is 31.0 Å². The Morgan fingerprint density at radius 1 is 1.24 bits per heavy atom. The van der Waals surface area contributed by atoms with Crippen LogP contribution in [0.5, 0.6) is 5.75 Å². The van der Waals surface area contributed by atoms with Gasteiger partial charge in [-0.1, -0.05) is 35.9 Å². The van der Waals surface area contributed by atoms with E-state index in [2.05, 4.69) is 16.7 Å². The first-order valence-electron chi connectivity index (χ1n) is 8.57. The molecule has 0 aliphatic carbocycles. The Kier molecular flexibility index (Phi) is 5.68. The third-order valence-corrected chi connectivity index (χ3v) is 4.41. The topological polar surface area (TPSA) is 70.6 Å². The number of amides is 1. The average Bonchev–Trinajstić information content (AvgIpc) is 3.03. The Hall–Kier alpha value is -2.37. The van der Waals surface area contributed by atoms with Crippen molar-refractivity contribution in [1.29, 1.82) is 0 Å². The Labute approximate surface area is 148 Å². The highest BCUT2D eigenvalue weighted by Gasteiger charge is 2.25. The van der Waals surface area contributed by atoms with Crippen molar-refractivity contribution >= 4 is 5.91 Å². The molecule has 25 heavy (non-hydrogen) atoms. The van der Waals surface area contributed by atoms with Crippen molar-refractivity contribution in [3.05, 3.63) is 65.2 Å². The highest BCUT2D eigenvalue weighted by atomic mass is 16.5. The van der Waals surface area contributed by atoms with E-state index in [1.807, 2.05) is 37.3 Å². The van der Waals surface area contributed by atoms with Gasteiger partial charge in [0.05, 0.1) is 6.10 Å². The number of ether oxygens (including phenoxy) is 1. The van der Waals surface area contributed by atoms with Crippen LogP contribution in [0.4, 0.5) is 0 Å². The molecule has 0 spiro atoms. The summed E-state index contributed by atoms with van der Waals surface area (Å²) < 4.78 is 5.80. The molecule has 1 fully saturated rings. The second-order valence-electron chi connectivity index (χ2n) is 6.50. The van der Waals surface area contributed by atoms with Gasteiger partial charge >= 0.3 is 0 Å². The van der Waals surface area contributed by atoms with Crippen LogP contribution >= 0.6 is 0 Å².